The lowest BCUT2D eigenvalue weighted by Gasteiger charge is -2.23. The number of hydrogen-bond donors (Lipinski definition) is 1. The van der Waals surface area contributed by atoms with Crippen molar-refractivity contribution < 1.29 is 9.59 Å². The van der Waals surface area contributed by atoms with Gasteiger partial charge in [0.1, 0.15) is 5.71 Å². The fourth-order valence-corrected chi connectivity index (χ4v) is 2.68. The maximum Gasteiger partial charge on any atom is 0.271 e. The molecule has 0 saturated heterocycles. The summed E-state index contributed by atoms with van der Waals surface area (Å²) < 4.78 is 0. The van der Waals surface area contributed by atoms with Crippen molar-refractivity contribution in [2.45, 2.75) is 19.8 Å². The summed E-state index contributed by atoms with van der Waals surface area (Å²) in [6.45, 7) is 1.88. The Bertz CT molecular complexity index is 863. The minimum atomic E-state index is -0.355. The van der Waals surface area contributed by atoms with E-state index in [1.807, 2.05) is 13.0 Å². The first-order valence-corrected chi connectivity index (χ1v) is 8.43. The molecule has 2 amide bonds. The van der Waals surface area contributed by atoms with Crippen LogP contribution in [-0.4, -0.2) is 17.5 Å². The highest BCUT2D eigenvalue weighted by molar-refractivity contribution is 6.44. The van der Waals surface area contributed by atoms with Crippen LogP contribution in [0.5, 0.6) is 0 Å². The minimum absolute atomic E-state index is 0.169. The molecule has 2 aromatic carbocycles. The highest BCUT2D eigenvalue weighted by Gasteiger charge is 2.25. The van der Waals surface area contributed by atoms with Gasteiger partial charge in [-0.1, -0.05) is 29.3 Å². The highest BCUT2D eigenvalue weighted by atomic mass is 35.5. The van der Waals surface area contributed by atoms with Crippen LogP contribution in [0.15, 0.2) is 47.6 Å². The van der Waals surface area contributed by atoms with E-state index in [2.05, 4.69) is 10.4 Å². The zero-order valence-corrected chi connectivity index (χ0v) is 14.9. The number of benzene rings is 2. The first kappa shape index (κ1) is 17.5. The van der Waals surface area contributed by atoms with E-state index in [1.54, 1.807) is 36.4 Å². The fourth-order valence-electron chi connectivity index (χ4n) is 2.37. The first-order valence-electron chi connectivity index (χ1n) is 7.67. The molecule has 0 aliphatic carbocycles. The summed E-state index contributed by atoms with van der Waals surface area (Å²) >= 11 is 11.9. The van der Waals surface area contributed by atoms with E-state index in [9.17, 15) is 9.59 Å². The summed E-state index contributed by atoms with van der Waals surface area (Å²) in [5.41, 5.74) is 2.36. The molecule has 1 N–H and O–H groups in total. The molecule has 0 spiro atoms. The van der Waals surface area contributed by atoms with E-state index in [1.165, 1.54) is 5.01 Å². The fraction of sp³-hybridized carbons (Fsp3) is 0.167. The Morgan fingerprint density at radius 2 is 1.84 bits per heavy atom. The lowest BCUT2D eigenvalue weighted by Crippen LogP contribution is -2.36. The number of amides is 2. The van der Waals surface area contributed by atoms with Gasteiger partial charge in [-0.2, -0.15) is 5.10 Å². The second-order valence-electron chi connectivity index (χ2n) is 5.65. The average molecular weight is 376 g/mol. The van der Waals surface area contributed by atoms with Crippen molar-refractivity contribution in [1.82, 2.24) is 0 Å². The Balaban J connectivity index is 1.81. The summed E-state index contributed by atoms with van der Waals surface area (Å²) in [6.07, 6.45) is 0.498. The van der Waals surface area contributed by atoms with Crippen molar-refractivity contribution >= 4 is 52.1 Å². The quantitative estimate of drug-likeness (QED) is 0.862. The molecule has 0 radical (unpaired) electrons. The van der Waals surface area contributed by atoms with Crippen LogP contribution in [0.3, 0.4) is 0 Å². The van der Waals surface area contributed by atoms with Gasteiger partial charge in [0.2, 0.25) is 5.91 Å². The number of aryl methyl sites for hydroxylation is 1. The Morgan fingerprint density at radius 3 is 2.52 bits per heavy atom. The highest BCUT2D eigenvalue weighted by Crippen LogP contribution is 2.23. The largest absolute Gasteiger partial charge is 0.321 e. The molecule has 0 bridgehead atoms. The van der Waals surface area contributed by atoms with Crippen LogP contribution in [0, 0.1) is 6.92 Å². The van der Waals surface area contributed by atoms with Crippen molar-refractivity contribution in [1.29, 1.82) is 0 Å². The van der Waals surface area contributed by atoms with Crippen LogP contribution in [0.25, 0.3) is 0 Å². The van der Waals surface area contributed by atoms with Gasteiger partial charge in [-0.15, -0.1) is 0 Å². The molecule has 1 aliphatic heterocycles. The number of rotatable bonds is 3. The van der Waals surface area contributed by atoms with Gasteiger partial charge >= 0.3 is 0 Å². The maximum absolute atomic E-state index is 12.5. The van der Waals surface area contributed by atoms with Crippen molar-refractivity contribution in [2.24, 2.45) is 5.10 Å². The second-order valence-corrected chi connectivity index (χ2v) is 6.49. The van der Waals surface area contributed by atoms with Crippen LogP contribution in [0.1, 0.15) is 18.4 Å². The molecule has 3 rings (SSSR count). The van der Waals surface area contributed by atoms with Gasteiger partial charge in [0.15, 0.2) is 0 Å². The molecule has 0 saturated carbocycles. The molecule has 0 aromatic heterocycles. The molecule has 2 aromatic rings. The van der Waals surface area contributed by atoms with Gasteiger partial charge in [-0.25, -0.2) is 5.01 Å². The standard InChI is InChI=1S/C18H15Cl2N3O2/c1-11-2-5-13(10-15(11)20)21-18(25)16-8-9-17(24)23(22-16)14-6-3-12(19)4-7-14/h2-7,10H,8-9H2,1H3,(H,21,25). The Labute approximate surface area is 155 Å². The van der Waals surface area contributed by atoms with Gasteiger partial charge in [0.25, 0.3) is 5.91 Å². The number of halogens is 2. The van der Waals surface area contributed by atoms with E-state index in [0.717, 1.165) is 5.56 Å². The van der Waals surface area contributed by atoms with Crippen molar-refractivity contribution in [2.75, 3.05) is 10.3 Å². The lowest BCUT2D eigenvalue weighted by molar-refractivity contribution is -0.118. The van der Waals surface area contributed by atoms with Crippen LogP contribution in [-0.2, 0) is 9.59 Å². The Morgan fingerprint density at radius 1 is 1.12 bits per heavy atom. The monoisotopic (exact) mass is 375 g/mol. The molecular weight excluding hydrogens is 361 g/mol. The molecule has 128 valence electrons. The maximum atomic E-state index is 12.5. The normalized spacial score (nSPS) is 14.3. The zero-order chi connectivity index (χ0) is 18.0. The molecule has 1 aliphatic rings. The summed E-state index contributed by atoms with van der Waals surface area (Å²) in [7, 11) is 0. The third kappa shape index (κ3) is 4.00. The average Bonchev–Trinajstić information content (AvgIpc) is 2.59. The van der Waals surface area contributed by atoms with Gasteiger partial charge in [0.05, 0.1) is 5.69 Å². The van der Waals surface area contributed by atoms with Crippen LogP contribution in [0.4, 0.5) is 11.4 Å². The summed E-state index contributed by atoms with van der Waals surface area (Å²) in [5.74, 6) is -0.524. The van der Waals surface area contributed by atoms with E-state index in [4.69, 9.17) is 23.2 Å². The number of hydrazone groups is 1. The minimum Gasteiger partial charge on any atom is -0.321 e. The summed E-state index contributed by atoms with van der Waals surface area (Å²) in [5, 5.41) is 9.34. The predicted octanol–water partition coefficient (Wildman–Crippen LogP) is 4.42. The van der Waals surface area contributed by atoms with Gasteiger partial charge < -0.3 is 5.32 Å². The third-order valence-electron chi connectivity index (χ3n) is 3.80. The van der Waals surface area contributed by atoms with E-state index >= 15 is 0 Å². The molecule has 5 nitrogen and oxygen atoms in total. The summed E-state index contributed by atoms with van der Waals surface area (Å²) in [4.78, 5) is 24.6. The number of hydrogen-bond acceptors (Lipinski definition) is 3. The molecule has 0 fully saturated rings. The summed E-state index contributed by atoms with van der Waals surface area (Å²) in [6, 6.07) is 12.0. The van der Waals surface area contributed by atoms with Gasteiger partial charge in [-0.05, 0) is 48.9 Å². The number of anilines is 2. The zero-order valence-electron chi connectivity index (χ0n) is 13.4. The predicted molar refractivity (Wildman–Crippen MR) is 100 cm³/mol. The van der Waals surface area contributed by atoms with Crippen LogP contribution in [0.2, 0.25) is 10.0 Å². The van der Waals surface area contributed by atoms with Gasteiger partial charge in [0, 0.05) is 28.6 Å². The lowest BCUT2D eigenvalue weighted by atomic mass is 10.1. The van der Waals surface area contributed by atoms with Crippen molar-refractivity contribution in [3.63, 3.8) is 0 Å². The van der Waals surface area contributed by atoms with E-state index in [-0.39, 0.29) is 30.4 Å². The van der Waals surface area contributed by atoms with Crippen LogP contribution >= 0.6 is 23.2 Å². The van der Waals surface area contributed by atoms with Crippen LogP contribution < -0.4 is 10.3 Å². The number of carbonyl (C=O) groups excluding carboxylic acids is 2. The molecular formula is C18H15Cl2N3O2. The molecule has 25 heavy (non-hydrogen) atoms. The number of nitrogens with zero attached hydrogens (tertiary/aromatic N) is 2. The van der Waals surface area contributed by atoms with Gasteiger partial charge in [-0.3, -0.25) is 9.59 Å². The molecule has 1 heterocycles. The Hall–Kier alpha value is -2.37. The van der Waals surface area contributed by atoms with Crippen molar-refractivity contribution in [3.05, 3.63) is 58.1 Å². The number of carbonyl (C=O) groups is 2. The Kier molecular flexibility index (Phi) is 5.06. The second kappa shape index (κ2) is 7.25. The molecule has 7 heteroatoms. The van der Waals surface area contributed by atoms with Crippen molar-refractivity contribution in [3.8, 4) is 0 Å². The topological polar surface area (TPSA) is 61.8 Å². The smallest absolute Gasteiger partial charge is 0.271 e. The van der Waals surface area contributed by atoms with E-state index in [0.29, 0.717) is 21.4 Å². The number of nitrogens with one attached hydrogen (secondary N) is 1. The first-order chi connectivity index (χ1) is 11.9. The SMILES string of the molecule is Cc1ccc(NC(=O)C2=NN(c3ccc(Cl)cc3)C(=O)CC2)cc1Cl. The molecule has 0 unspecified atom stereocenters. The third-order valence-corrected chi connectivity index (χ3v) is 4.45. The van der Waals surface area contributed by atoms with E-state index < -0.39 is 0 Å². The molecule has 0 atom stereocenters.